The minimum Gasteiger partial charge on any atom is -0.335 e. The van der Waals surface area contributed by atoms with E-state index < -0.39 is 0 Å². The van der Waals surface area contributed by atoms with Gasteiger partial charge in [0.2, 0.25) is 0 Å². The molecule has 0 spiro atoms. The summed E-state index contributed by atoms with van der Waals surface area (Å²) in [5.74, 6) is -0.585. The lowest BCUT2D eigenvalue weighted by atomic mass is 10.1. The first-order valence-electron chi connectivity index (χ1n) is 7.68. The number of nitrogens with zero attached hydrogens (tertiary/aromatic N) is 2. The molecule has 0 bridgehead atoms. The highest BCUT2D eigenvalue weighted by atomic mass is 32.1. The Labute approximate surface area is 145 Å². The molecule has 1 aliphatic rings. The zero-order valence-electron chi connectivity index (χ0n) is 13.0. The van der Waals surface area contributed by atoms with E-state index in [0.29, 0.717) is 42.2 Å². The lowest BCUT2D eigenvalue weighted by Crippen LogP contribution is -2.50. The van der Waals surface area contributed by atoms with Crippen LogP contribution >= 0.6 is 12.6 Å². The molecule has 0 atom stereocenters. The van der Waals surface area contributed by atoms with Crippen LogP contribution in [-0.4, -0.2) is 47.8 Å². The molecule has 0 aromatic heterocycles. The number of amides is 2. The summed E-state index contributed by atoms with van der Waals surface area (Å²) >= 11 is 4.32. The lowest BCUT2D eigenvalue weighted by Gasteiger charge is -2.35. The first-order valence-corrected chi connectivity index (χ1v) is 8.13. The second-order valence-electron chi connectivity index (χ2n) is 5.61. The number of hydrogen-bond acceptors (Lipinski definition) is 3. The second kappa shape index (κ2) is 7.05. The average Bonchev–Trinajstić information content (AvgIpc) is 2.62. The normalized spacial score (nSPS) is 14.6. The number of hydrogen-bond donors (Lipinski definition) is 1. The molecule has 1 fully saturated rings. The van der Waals surface area contributed by atoms with E-state index in [1.165, 1.54) is 24.3 Å². The van der Waals surface area contributed by atoms with Crippen molar-refractivity contribution in [2.75, 3.05) is 26.2 Å². The molecule has 24 heavy (non-hydrogen) atoms. The van der Waals surface area contributed by atoms with E-state index in [4.69, 9.17) is 0 Å². The van der Waals surface area contributed by atoms with E-state index in [0.717, 1.165) is 0 Å². The Morgan fingerprint density at radius 1 is 0.833 bits per heavy atom. The van der Waals surface area contributed by atoms with Gasteiger partial charge in [-0.05, 0) is 36.4 Å². The molecule has 2 aromatic carbocycles. The van der Waals surface area contributed by atoms with Crippen LogP contribution in [0.3, 0.4) is 0 Å². The summed E-state index contributed by atoms with van der Waals surface area (Å²) in [6, 6.07) is 12.7. The Balaban J connectivity index is 1.63. The van der Waals surface area contributed by atoms with Gasteiger partial charge >= 0.3 is 0 Å². The van der Waals surface area contributed by atoms with Crippen LogP contribution in [0.25, 0.3) is 0 Å². The Morgan fingerprint density at radius 2 is 1.38 bits per heavy atom. The molecule has 3 rings (SSSR count). The van der Waals surface area contributed by atoms with Gasteiger partial charge in [0, 0.05) is 36.6 Å². The molecule has 4 nitrogen and oxygen atoms in total. The molecule has 1 heterocycles. The van der Waals surface area contributed by atoms with Gasteiger partial charge in [-0.25, -0.2) is 4.39 Å². The van der Waals surface area contributed by atoms with Crippen LogP contribution < -0.4 is 0 Å². The molecule has 1 aliphatic heterocycles. The molecular weight excluding hydrogens is 327 g/mol. The van der Waals surface area contributed by atoms with Crippen molar-refractivity contribution in [1.82, 2.24) is 9.80 Å². The van der Waals surface area contributed by atoms with E-state index in [2.05, 4.69) is 12.6 Å². The van der Waals surface area contributed by atoms with Crippen molar-refractivity contribution in [3.05, 3.63) is 65.5 Å². The minimum atomic E-state index is -0.368. The minimum absolute atomic E-state index is 0.0746. The molecule has 0 unspecified atom stereocenters. The molecule has 0 radical (unpaired) electrons. The Bertz CT molecular complexity index is 756. The summed E-state index contributed by atoms with van der Waals surface area (Å²) in [6.07, 6.45) is 0. The van der Waals surface area contributed by atoms with E-state index in [1.807, 2.05) is 6.07 Å². The number of carbonyl (C=O) groups is 2. The Kier molecular flexibility index (Phi) is 4.85. The molecule has 6 heteroatoms. The third-order valence-electron chi connectivity index (χ3n) is 4.08. The van der Waals surface area contributed by atoms with Crippen molar-refractivity contribution in [2.24, 2.45) is 0 Å². The van der Waals surface area contributed by atoms with Crippen LogP contribution in [0.15, 0.2) is 53.4 Å². The van der Waals surface area contributed by atoms with Crippen LogP contribution in [0, 0.1) is 5.82 Å². The van der Waals surface area contributed by atoms with Crippen LogP contribution in [0.1, 0.15) is 20.7 Å². The van der Waals surface area contributed by atoms with Crippen LogP contribution in [0.2, 0.25) is 0 Å². The van der Waals surface area contributed by atoms with Crippen molar-refractivity contribution in [1.29, 1.82) is 0 Å². The molecular formula is C18H17FN2O2S. The number of carbonyl (C=O) groups excluding carboxylic acids is 2. The lowest BCUT2D eigenvalue weighted by molar-refractivity contribution is 0.0533. The van der Waals surface area contributed by atoms with Crippen LogP contribution in [0.5, 0.6) is 0 Å². The van der Waals surface area contributed by atoms with Gasteiger partial charge in [0.25, 0.3) is 11.8 Å². The van der Waals surface area contributed by atoms with Crippen LogP contribution in [0.4, 0.5) is 4.39 Å². The van der Waals surface area contributed by atoms with Gasteiger partial charge in [0.05, 0.1) is 5.56 Å². The Hall–Kier alpha value is -2.34. The fraction of sp³-hybridized carbons (Fsp3) is 0.222. The maximum absolute atomic E-state index is 13.0. The topological polar surface area (TPSA) is 40.6 Å². The standard InChI is InChI=1S/C18H17FN2O2S/c19-14-7-5-13(6-8-14)17(22)20-9-11-21(12-10-20)18(23)15-3-1-2-4-16(15)24/h1-8,24H,9-12H2. The number of thiol groups is 1. The summed E-state index contributed by atoms with van der Waals surface area (Å²) in [5.41, 5.74) is 1.02. The van der Waals surface area contributed by atoms with Gasteiger partial charge in [0.1, 0.15) is 5.82 Å². The highest BCUT2D eigenvalue weighted by molar-refractivity contribution is 7.80. The van der Waals surface area contributed by atoms with Gasteiger partial charge in [-0.15, -0.1) is 12.6 Å². The number of benzene rings is 2. The van der Waals surface area contributed by atoms with E-state index >= 15 is 0 Å². The predicted octanol–water partition coefficient (Wildman–Crippen LogP) is 2.71. The predicted molar refractivity (Wildman–Crippen MR) is 91.9 cm³/mol. The van der Waals surface area contributed by atoms with Crippen molar-refractivity contribution >= 4 is 24.4 Å². The van der Waals surface area contributed by atoms with Gasteiger partial charge in [-0.1, -0.05) is 12.1 Å². The highest BCUT2D eigenvalue weighted by Crippen LogP contribution is 2.17. The van der Waals surface area contributed by atoms with Gasteiger partial charge in [0.15, 0.2) is 0 Å². The zero-order chi connectivity index (χ0) is 17.1. The zero-order valence-corrected chi connectivity index (χ0v) is 13.9. The number of halogens is 1. The fourth-order valence-electron chi connectivity index (χ4n) is 2.71. The maximum Gasteiger partial charge on any atom is 0.255 e. The molecule has 2 amide bonds. The summed E-state index contributed by atoms with van der Waals surface area (Å²) < 4.78 is 13.0. The smallest absolute Gasteiger partial charge is 0.255 e. The second-order valence-corrected chi connectivity index (χ2v) is 6.09. The fourth-order valence-corrected chi connectivity index (χ4v) is 2.97. The van der Waals surface area contributed by atoms with E-state index in [9.17, 15) is 14.0 Å². The highest BCUT2D eigenvalue weighted by Gasteiger charge is 2.26. The summed E-state index contributed by atoms with van der Waals surface area (Å²) in [4.78, 5) is 29.0. The summed E-state index contributed by atoms with van der Waals surface area (Å²) in [6.45, 7) is 1.84. The average molecular weight is 344 g/mol. The van der Waals surface area contributed by atoms with E-state index in [1.54, 1.807) is 28.0 Å². The van der Waals surface area contributed by atoms with Crippen molar-refractivity contribution < 1.29 is 14.0 Å². The third-order valence-corrected chi connectivity index (χ3v) is 4.47. The number of rotatable bonds is 2. The molecule has 0 saturated carbocycles. The molecule has 2 aromatic rings. The third kappa shape index (κ3) is 3.43. The molecule has 1 saturated heterocycles. The first kappa shape index (κ1) is 16.5. The first-order chi connectivity index (χ1) is 11.6. The number of piperazine rings is 1. The largest absolute Gasteiger partial charge is 0.335 e. The maximum atomic E-state index is 13.0. The van der Waals surface area contributed by atoms with Crippen molar-refractivity contribution in [3.8, 4) is 0 Å². The van der Waals surface area contributed by atoms with E-state index in [-0.39, 0.29) is 17.6 Å². The molecule has 0 aliphatic carbocycles. The summed E-state index contributed by atoms with van der Waals surface area (Å²) in [5, 5.41) is 0. The quantitative estimate of drug-likeness (QED) is 0.851. The van der Waals surface area contributed by atoms with Crippen molar-refractivity contribution in [3.63, 3.8) is 0 Å². The SMILES string of the molecule is O=C(c1ccc(F)cc1)N1CCN(C(=O)c2ccccc2S)CC1. The van der Waals surface area contributed by atoms with Gasteiger partial charge in [-0.3, -0.25) is 9.59 Å². The monoisotopic (exact) mass is 344 g/mol. The van der Waals surface area contributed by atoms with Crippen molar-refractivity contribution in [2.45, 2.75) is 4.90 Å². The summed E-state index contributed by atoms with van der Waals surface area (Å²) in [7, 11) is 0. The Morgan fingerprint density at radius 3 is 1.96 bits per heavy atom. The molecule has 0 N–H and O–H groups in total. The van der Waals surface area contributed by atoms with Crippen LogP contribution in [-0.2, 0) is 0 Å². The van der Waals surface area contributed by atoms with Gasteiger partial charge < -0.3 is 9.80 Å². The van der Waals surface area contributed by atoms with Gasteiger partial charge in [-0.2, -0.15) is 0 Å². The molecule has 124 valence electrons.